The van der Waals surface area contributed by atoms with Crippen LogP contribution in [0, 0.1) is 0 Å². The Morgan fingerprint density at radius 1 is 1.04 bits per heavy atom. The van der Waals surface area contributed by atoms with Crippen molar-refractivity contribution in [3.8, 4) is 11.3 Å². The fourth-order valence-corrected chi connectivity index (χ4v) is 5.01. The summed E-state index contributed by atoms with van der Waals surface area (Å²) in [4.78, 5) is 15.4. The van der Waals surface area contributed by atoms with Gasteiger partial charge in [0.25, 0.3) is 5.91 Å². The third-order valence-corrected chi connectivity index (χ3v) is 6.30. The minimum Gasteiger partial charge on any atom is -0.457 e. The summed E-state index contributed by atoms with van der Waals surface area (Å²) in [6.07, 6.45) is 8.81. The molecule has 0 unspecified atom stereocenters. The van der Waals surface area contributed by atoms with E-state index in [1.165, 1.54) is 37.4 Å². The van der Waals surface area contributed by atoms with Gasteiger partial charge in [-0.15, -0.1) is 0 Å². The van der Waals surface area contributed by atoms with Crippen molar-refractivity contribution in [1.82, 2.24) is 4.90 Å². The van der Waals surface area contributed by atoms with Crippen LogP contribution in [0.3, 0.4) is 0 Å². The van der Waals surface area contributed by atoms with Crippen LogP contribution in [-0.2, 0) is 4.79 Å². The van der Waals surface area contributed by atoms with Gasteiger partial charge in [-0.2, -0.15) is 0 Å². The first kappa shape index (κ1) is 17.6. The van der Waals surface area contributed by atoms with Crippen molar-refractivity contribution in [1.29, 1.82) is 0 Å². The molecular weight excluding hydrogens is 362 g/mol. The van der Waals surface area contributed by atoms with Gasteiger partial charge in [0.05, 0.1) is 4.91 Å². The molecule has 1 aromatic heterocycles. The second kappa shape index (κ2) is 7.80. The van der Waals surface area contributed by atoms with Gasteiger partial charge in [0.15, 0.2) is 0 Å². The predicted molar refractivity (Wildman–Crippen MR) is 111 cm³/mol. The Morgan fingerprint density at radius 2 is 1.77 bits per heavy atom. The minimum absolute atomic E-state index is 0.0320. The maximum atomic E-state index is 12.9. The molecule has 1 aliphatic heterocycles. The molecule has 1 aromatic carbocycles. The van der Waals surface area contributed by atoms with Crippen molar-refractivity contribution in [2.75, 3.05) is 0 Å². The second-order valence-corrected chi connectivity index (χ2v) is 8.44. The van der Waals surface area contributed by atoms with E-state index in [0.717, 1.165) is 24.2 Å². The first-order valence-electron chi connectivity index (χ1n) is 9.15. The molecule has 0 spiro atoms. The second-order valence-electron chi connectivity index (χ2n) is 6.77. The lowest BCUT2D eigenvalue weighted by Gasteiger charge is -2.25. The Kier molecular flexibility index (Phi) is 5.27. The average Bonchev–Trinajstić information content (AvgIpc) is 3.11. The topological polar surface area (TPSA) is 33.5 Å². The summed E-state index contributed by atoms with van der Waals surface area (Å²) in [5.74, 6) is 1.52. The van der Waals surface area contributed by atoms with Crippen LogP contribution >= 0.6 is 24.0 Å². The largest absolute Gasteiger partial charge is 0.457 e. The number of carbonyl (C=O) groups is 1. The third-order valence-electron chi connectivity index (χ3n) is 4.97. The molecule has 2 aromatic rings. The number of benzene rings is 1. The smallest absolute Gasteiger partial charge is 0.266 e. The van der Waals surface area contributed by atoms with Crippen LogP contribution in [0.1, 0.15) is 44.3 Å². The van der Waals surface area contributed by atoms with Gasteiger partial charge in [0.2, 0.25) is 0 Å². The fraction of sp³-hybridized carbons (Fsp3) is 0.333. The lowest BCUT2D eigenvalue weighted by Crippen LogP contribution is -2.38. The Labute approximate surface area is 163 Å². The van der Waals surface area contributed by atoms with Crippen molar-refractivity contribution in [3.05, 3.63) is 53.1 Å². The van der Waals surface area contributed by atoms with Gasteiger partial charge in [-0.25, -0.2) is 0 Å². The zero-order chi connectivity index (χ0) is 17.9. The van der Waals surface area contributed by atoms with E-state index in [4.69, 9.17) is 16.6 Å². The number of thiocarbonyl (C=S) groups is 1. The Hall–Kier alpha value is -1.85. The van der Waals surface area contributed by atoms with E-state index in [-0.39, 0.29) is 11.9 Å². The van der Waals surface area contributed by atoms with Crippen molar-refractivity contribution in [3.63, 3.8) is 0 Å². The molecule has 4 rings (SSSR count). The number of nitrogens with zero attached hydrogens (tertiary/aromatic N) is 1. The molecule has 26 heavy (non-hydrogen) atoms. The molecule has 3 nitrogen and oxygen atoms in total. The van der Waals surface area contributed by atoms with E-state index in [1.807, 2.05) is 53.4 Å². The first-order valence-corrected chi connectivity index (χ1v) is 10.4. The van der Waals surface area contributed by atoms with Gasteiger partial charge >= 0.3 is 0 Å². The van der Waals surface area contributed by atoms with Gasteiger partial charge < -0.3 is 4.42 Å². The van der Waals surface area contributed by atoms with Crippen LogP contribution in [0.2, 0.25) is 0 Å². The summed E-state index contributed by atoms with van der Waals surface area (Å²) in [6, 6.07) is 14.1. The molecule has 1 aliphatic carbocycles. The van der Waals surface area contributed by atoms with Crippen LogP contribution in [0.25, 0.3) is 17.4 Å². The van der Waals surface area contributed by atoms with E-state index in [2.05, 4.69) is 0 Å². The monoisotopic (exact) mass is 383 g/mol. The molecule has 0 radical (unpaired) electrons. The van der Waals surface area contributed by atoms with Crippen molar-refractivity contribution < 1.29 is 9.21 Å². The van der Waals surface area contributed by atoms with Gasteiger partial charge in [0.1, 0.15) is 15.8 Å². The molecule has 0 bridgehead atoms. The van der Waals surface area contributed by atoms with Gasteiger partial charge in [-0.3, -0.25) is 9.69 Å². The summed E-state index contributed by atoms with van der Waals surface area (Å²) in [6.45, 7) is 0. The predicted octanol–water partition coefficient (Wildman–Crippen LogP) is 5.87. The lowest BCUT2D eigenvalue weighted by molar-refractivity contribution is -0.123. The summed E-state index contributed by atoms with van der Waals surface area (Å²) < 4.78 is 6.60. The number of amides is 1. The summed E-state index contributed by atoms with van der Waals surface area (Å²) in [7, 11) is 0. The Morgan fingerprint density at radius 3 is 2.50 bits per heavy atom. The number of carbonyl (C=O) groups excluding carboxylic acids is 1. The van der Waals surface area contributed by atoms with E-state index in [1.54, 1.807) is 0 Å². The first-order chi connectivity index (χ1) is 12.7. The molecule has 2 heterocycles. The highest BCUT2D eigenvalue weighted by molar-refractivity contribution is 8.26. The number of hydrogen-bond donors (Lipinski definition) is 0. The molecule has 1 amide bonds. The van der Waals surface area contributed by atoms with Crippen LogP contribution < -0.4 is 0 Å². The van der Waals surface area contributed by atoms with E-state index >= 15 is 0 Å². The highest BCUT2D eigenvalue weighted by atomic mass is 32.2. The third kappa shape index (κ3) is 3.64. The quantitative estimate of drug-likeness (QED) is 0.377. The SMILES string of the molecule is O=C1/C(=C/c2ccc(-c3ccccc3)o2)SC(=S)N1C1CCCCCC1. The molecular formula is C21H21NO2S2. The summed E-state index contributed by atoms with van der Waals surface area (Å²) in [5.41, 5.74) is 1.03. The lowest BCUT2D eigenvalue weighted by atomic mass is 10.1. The normalized spacial score (nSPS) is 20.8. The van der Waals surface area contributed by atoms with Gasteiger partial charge in [-0.1, -0.05) is 80.0 Å². The van der Waals surface area contributed by atoms with Crippen LogP contribution in [0.5, 0.6) is 0 Å². The number of furan rings is 1. The van der Waals surface area contributed by atoms with E-state index in [9.17, 15) is 4.79 Å². The van der Waals surface area contributed by atoms with E-state index < -0.39 is 0 Å². The zero-order valence-corrected chi connectivity index (χ0v) is 16.2. The molecule has 0 atom stereocenters. The zero-order valence-electron chi connectivity index (χ0n) is 14.5. The number of rotatable bonds is 3. The van der Waals surface area contributed by atoms with Crippen molar-refractivity contribution in [2.24, 2.45) is 0 Å². The Bertz CT molecular complexity index is 833. The van der Waals surface area contributed by atoms with Crippen LogP contribution in [0.4, 0.5) is 0 Å². The molecule has 134 valence electrons. The van der Waals surface area contributed by atoms with Gasteiger partial charge in [0, 0.05) is 17.7 Å². The molecule has 2 aliphatic rings. The number of thioether (sulfide) groups is 1. The molecule has 0 N–H and O–H groups in total. The summed E-state index contributed by atoms with van der Waals surface area (Å²) in [5, 5.41) is 0. The average molecular weight is 384 g/mol. The van der Waals surface area contributed by atoms with Gasteiger partial charge in [-0.05, 0) is 25.0 Å². The van der Waals surface area contributed by atoms with Crippen LogP contribution in [0.15, 0.2) is 51.8 Å². The standard InChI is InChI=1S/C21H21NO2S2/c23-20-19(26-21(25)22(20)16-10-6-1-2-7-11-16)14-17-12-13-18(24-17)15-8-4-3-5-9-15/h3-5,8-9,12-14,16H,1-2,6-7,10-11H2/b19-14-. The maximum Gasteiger partial charge on any atom is 0.266 e. The van der Waals surface area contributed by atoms with Crippen molar-refractivity contribution in [2.45, 2.75) is 44.6 Å². The molecule has 5 heteroatoms. The maximum absolute atomic E-state index is 12.9. The Balaban J connectivity index is 1.54. The number of hydrogen-bond acceptors (Lipinski definition) is 4. The molecule has 1 saturated carbocycles. The highest BCUT2D eigenvalue weighted by Crippen LogP contribution is 2.37. The fourth-order valence-electron chi connectivity index (χ4n) is 3.63. The minimum atomic E-state index is 0.0320. The summed E-state index contributed by atoms with van der Waals surface area (Å²) >= 11 is 6.91. The molecule has 2 fully saturated rings. The van der Waals surface area contributed by atoms with Crippen LogP contribution in [-0.4, -0.2) is 21.2 Å². The van der Waals surface area contributed by atoms with Crippen molar-refractivity contribution >= 4 is 40.3 Å². The molecule has 1 saturated heterocycles. The highest BCUT2D eigenvalue weighted by Gasteiger charge is 2.37. The van der Waals surface area contributed by atoms with E-state index in [0.29, 0.717) is 15.0 Å².